The van der Waals surface area contributed by atoms with Crippen molar-refractivity contribution in [2.75, 3.05) is 26.5 Å². The van der Waals surface area contributed by atoms with Crippen molar-refractivity contribution in [3.05, 3.63) is 46.8 Å². The first-order chi connectivity index (χ1) is 12.7. The predicted molar refractivity (Wildman–Crippen MR) is 103 cm³/mol. The molecule has 1 saturated heterocycles. The van der Waals surface area contributed by atoms with Crippen LogP contribution in [0.5, 0.6) is 0 Å². The lowest BCUT2D eigenvalue weighted by Crippen LogP contribution is -2.37. The van der Waals surface area contributed by atoms with Gasteiger partial charge in [0.25, 0.3) is 0 Å². The van der Waals surface area contributed by atoms with Gasteiger partial charge in [0.2, 0.25) is 10.0 Å². The Morgan fingerprint density at radius 1 is 1.26 bits per heavy atom. The number of piperidine rings is 1. The summed E-state index contributed by atoms with van der Waals surface area (Å²) in [4.78, 5) is 11.8. The minimum absolute atomic E-state index is 0.116. The second-order valence-corrected chi connectivity index (χ2v) is 9.11. The van der Waals surface area contributed by atoms with E-state index in [9.17, 15) is 17.6 Å². The predicted octanol–water partition coefficient (Wildman–Crippen LogP) is 3.14. The molecule has 1 heterocycles. The summed E-state index contributed by atoms with van der Waals surface area (Å²) in [7, 11) is -1.85. The van der Waals surface area contributed by atoms with Crippen LogP contribution < -0.4 is 0 Å². The molecule has 0 radical (unpaired) electrons. The molecular weight excluding hydrogens is 369 g/mol. The maximum atomic E-state index is 13.9. The van der Waals surface area contributed by atoms with Gasteiger partial charge in [-0.15, -0.1) is 0 Å². The van der Waals surface area contributed by atoms with Gasteiger partial charge < -0.3 is 4.74 Å². The summed E-state index contributed by atoms with van der Waals surface area (Å²) in [5, 5.41) is 1.71. The first-order valence-corrected chi connectivity index (χ1v) is 10.8. The van der Waals surface area contributed by atoms with E-state index in [4.69, 9.17) is 4.74 Å². The number of sulfonamides is 1. The van der Waals surface area contributed by atoms with Crippen LogP contribution in [0.15, 0.2) is 24.3 Å². The van der Waals surface area contributed by atoms with E-state index < -0.39 is 10.0 Å². The van der Waals surface area contributed by atoms with Crippen LogP contribution in [-0.4, -0.2) is 45.1 Å². The Morgan fingerprint density at radius 3 is 2.52 bits per heavy atom. The molecule has 146 valence electrons. The van der Waals surface area contributed by atoms with E-state index in [1.54, 1.807) is 6.07 Å². The third-order valence-corrected chi connectivity index (χ3v) is 6.72. The molecular formula is C20H24FNO4S. The molecule has 27 heavy (non-hydrogen) atoms. The molecule has 5 nitrogen and oxygen atoms in total. The van der Waals surface area contributed by atoms with Gasteiger partial charge in [-0.2, -0.15) is 0 Å². The van der Waals surface area contributed by atoms with Crippen LogP contribution in [0.2, 0.25) is 0 Å². The summed E-state index contributed by atoms with van der Waals surface area (Å²) in [5.41, 5.74) is 2.83. The summed E-state index contributed by atoms with van der Waals surface area (Å²) < 4.78 is 43.8. The number of rotatable bonds is 4. The molecule has 7 heteroatoms. The van der Waals surface area contributed by atoms with Crippen LogP contribution >= 0.6 is 0 Å². The summed E-state index contributed by atoms with van der Waals surface area (Å²) in [6.45, 7) is 2.84. The number of benzene rings is 2. The molecule has 0 aromatic heterocycles. The van der Waals surface area contributed by atoms with E-state index in [1.165, 1.54) is 29.8 Å². The normalized spacial score (nSPS) is 16.6. The third kappa shape index (κ3) is 4.14. The molecule has 2 aromatic carbocycles. The molecule has 0 atom stereocenters. The summed E-state index contributed by atoms with van der Waals surface area (Å²) in [5.74, 6) is -0.514. The first-order valence-electron chi connectivity index (χ1n) is 8.94. The zero-order valence-electron chi connectivity index (χ0n) is 15.8. The largest absolute Gasteiger partial charge is 0.469 e. The number of nitrogens with zero attached hydrogens (tertiary/aromatic N) is 1. The highest BCUT2D eigenvalue weighted by atomic mass is 32.2. The van der Waals surface area contributed by atoms with Gasteiger partial charge in [-0.05, 0) is 65.3 Å². The van der Waals surface area contributed by atoms with Crippen molar-refractivity contribution in [2.24, 2.45) is 0 Å². The standard InChI is InChI=1S/C20H24FNO4S/c1-13-16(11-19(23)26-2)10-15-4-5-17(21)12-18(15)20(13)14-6-8-22(9-7-14)27(3,24)25/h4-5,10,12,14H,6-9,11H2,1-3H3. The molecule has 0 aliphatic carbocycles. The Labute approximate surface area is 159 Å². The minimum atomic E-state index is -3.21. The Hall–Kier alpha value is -1.99. The monoisotopic (exact) mass is 393 g/mol. The van der Waals surface area contributed by atoms with E-state index >= 15 is 0 Å². The number of carbonyl (C=O) groups excluding carboxylic acids is 1. The second-order valence-electron chi connectivity index (χ2n) is 7.13. The Balaban J connectivity index is 2.06. The summed E-state index contributed by atoms with van der Waals surface area (Å²) >= 11 is 0. The lowest BCUT2D eigenvalue weighted by atomic mass is 9.82. The molecule has 0 unspecified atom stereocenters. The number of methoxy groups -OCH3 is 1. The van der Waals surface area contributed by atoms with Crippen molar-refractivity contribution in [1.29, 1.82) is 0 Å². The average molecular weight is 393 g/mol. The van der Waals surface area contributed by atoms with Crippen LogP contribution in [0.25, 0.3) is 10.8 Å². The SMILES string of the molecule is COC(=O)Cc1cc2ccc(F)cc2c(C2CCN(S(C)(=O)=O)CC2)c1C. The molecule has 1 aliphatic rings. The lowest BCUT2D eigenvalue weighted by molar-refractivity contribution is -0.139. The maximum absolute atomic E-state index is 13.9. The third-order valence-electron chi connectivity index (χ3n) is 5.41. The first kappa shape index (κ1) is 19.8. The molecule has 1 aliphatic heterocycles. The van der Waals surface area contributed by atoms with Crippen LogP contribution in [-0.2, 0) is 26.0 Å². The zero-order chi connectivity index (χ0) is 19.8. The maximum Gasteiger partial charge on any atom is 0.309 e. The fraction of sp³-hybridized carbons (Fsp3) is 0.450. The van der Waals surface area contributed by atoms with Gasteiger partial charge in [0, 0.05) is 13.1 Å². The number of hydrogen-bond donors (Lipinski definition) is 0. The van der Waals surface area contributed by atoms with Crippen molar-refractivity contribution >= 4 is 26.8 Å². The van der Waals surface area contributed by atoms with Gasteiger partial charge in [-0.3, -0.25) is 4.79 Å². The molecule has 0 saturated carbocycles. The fourth-order valence-electron chi connectivity index (χ4n) is 3.97. The number of fused-ring (bicyclic) bond motifs is 1. The van der Waals surface area contributed by atoms with Crippen LogP contribution in [0.4, 0.5) is 4.39 Å². The number of esters is 1. The molecule has 2 aromatic rings. The Kier molecular flexibility index (Phi) is 5.53. The highest BCUT2D eigenvalue weighted by Crippen LogP contribution is 2.38. The second kappa shape index (κ2) is 7.56. The molecule has 0 amide bonds. The van der Waals surface area contributed by atoms with Gasteiger partial charge in [0.05, 0.1) is 19.8 Å². The van der Waals surface area contributed by atoms with Crippen LogP contribution in [0, 0.1) is 12.7 Å². The summed E-state index contributed by atoms with van der Waals surface area (Å²) in [6.07, 6.45) is 2.72. The molecule has 0 bridgehead atoms. The van der Waals surface area contributed by atoms with E-state index in [0.717, 1.165) is 27.5 Å². The topological polar surface area (TPSA) is 63.7 Å². The molecule has 0 spiro atoms. The summed E-state index contributed by atoms with van der Waals surface area (Å²) in [6, 6.07) is 6.58. The number of carbonyl (C=O) groups is 1. The Bertz CT molecular complexity index is 979. The zero-order valence-corrected chi connectivity index (χ0v) is 16.6. The number of hydrogen-bond acceptors (Lipinski definition) is 4. The van der Waals surface area contributed by atoms with Crippen molar-refractivity contribution in [1.82, 2.24) is 4.31 Å². The highest BCUT2D eigenvalue weighted by Gasteiger charge is 2.28. The van der Waals surface area contributed by atoms with Gasteiger partial charge in [-0.25, -0.2) is 17.1 Å². The number of ether oxygens (including phenoxy) is 1. The lowest BCUT2D eigenvalue weighted by Gasteiger charge is -2.32. The van der Waals surface area contributed by atoms with E-state index in [-0.39, 0.29) is 24.1 Å². The van der Waals surface area contributed by atoms with Crippen molar-refractivity contribution < 1.29 is 22.3 Å². The van der Waals surface area contributed by atoms with Gasteiger partial charge in [-0.1, -0.05) is 12.1 Å². The minimum Gasteiger partial charge on any atom is -0.469 e. The van der Waals surface area contributed by atoms with Gasteiger partial charge >= 0.3 is 5.97 Å². The molecule has 0 N–H and O–H groups in total. The number of halogens is 1. The van der Waals surface area contributed by atoms with Crippen LogP contribution in [0.3, 0.4) is 0 Å². The average Bonchev–Trinajstić information content (AvgIpc) is 2.62. The fourth-order valence-corrected chi connectivity index (χ4v) is 4.85. The molecule has 3 rings (SSSR count). The van der Waals surface area contributed by atoms with Gasteiger partial charge in [0.1, 0.15) is 5.82 Å². The Morgan fingerprint density at radius 2 is 1.93 bits per heavy atom. The van der Waals surface area contributed by atoms with Crippen molar-refractivity contribution in [3.63, 3.8) is 0 Å². The van der Waals surface area contributed by atoms with Crippen molar-refractivity contribution in [2.45, 2.75) is 32.1 Å². The quantitative estimate of drug-likeness (QED) is 0.749. The van der Waals surface area contributed by atoms with E-state index in [0.29, 0.717) is 25.9 Å². The smallest absolute Gasteiger partial charge is 0.309 e. The van der Waals surface area contributed by atoms with Gasteiger partial charge in [0.15, 0.2) is 0 Å². The van der Waals surface area contributed by atoms with E-state index in [1.807, 2.05) is 13.0 Å². The molecule has 1 fully saturated rings. The van der Waals surface area contributed by atoms with E-state index in [2.05, 4.69) is 0 Å². The van der Waals surface area contributed by atoms with Crippen LogP contribution in [0.1, 0.15) is 35.4 Å². The highest BCUT2D eigenvalue weighted by molar-refractivity contribution is 7.88. The van der Waals surface area contributed by atoms with Crippen molar-refractivity contribution in [3.8, 4) is 0 Å².